The van der Waals surface area contributed by atoms with Crippen LogP contribution in [0.2, 0.25) is 0 Å². The van der Waals surface area contributed by atoms with E-state index >= 15 is 0 Å². The molecule has 1 atom stereocenters. The van der Waals surface area contributed by atoms with E-state index in [0.717, 1.165) is 25.6 Å². The minimum Gasteiger partial charge on any atom is -0.367 e. The van der Waals surface area contributed by atoms with Gasteiger partial charge < -0.3 is 10.2 Å². The van der Waals surface area contributed by atoms with Gasteiger partial charge in [0.1, 0.15) is 0 Å². The number of nitrogens with one attached hydrogen (secondary N) is 1. The second-order valence-electron chi connectivity index (χ2n) is 5.97. The van der Waals surface area contributed by atoms with E-state index in [1.54, 1.807) is 0 Å². The Morgan fingerprint density at radius 1 is 1.39 bits per heavy atom. The topological polar surface area (TPSA) is 33.1 Å². The van der Waals surface area contributed by atoms with Gasteiger partial charge >= 0.3 is 0 Å². The van der Waals surface area contributed by atoms with E-state index in [4.69, 9.17) is 0 Å². The largest absolute Gasteiger partial charge is 0.367 e. The number of aromatic nitrogens is 2. The molecule has 100 valence electrons. The quantitative estimate of drug-likeness (QED) is 0.888. The van der Waals surface area contributed by atoms with Gasteiger partial charge in [0.15, 0.2) is 0 Å². The van der Waals surface area contributed by atoms with Crippen molar-refractivity contribution < 1.29 is 0 Å². The average molecular weight is 248 g/mol. The lowest BCUT2D eigenvalue weighted by atomic mass is 10.2. The Bertz CT molecular complexity index is 394. The van der Waals surface area contributed by atoms with Crippen LogP contribution >= 0.6 is 0 Å². The highest BCUT2D eigenvalue weighted by atomic mass is 15.3. The van der Waals surface area contributed by atoms with Gasteiger partial charge in [-0.2, -0.15) is 5.10 Å². The van der Waals surface area contributed by atoms with Crippen molar-refractivity contribution in [3.8, 4) is 0 Å². The molecule has 1 N–H and O–H groups in total. The van der Waals surface area contributed by atoms with Gasteiger partial charge in [-0.05, 0) is 45.6 Å². The zero-order valence-electron chi connectivity index (χ0n) is 11.5. The van der Waals surface area contributed by atoms with Crippen LogP contribution in [0.5, 0.6) is 0 Å². The first kappa shape index (κ1) is 12.0. The minimum atomic E-state index is 0.447. The van der Waals surface area contributed by atoms with Crippen LogP contribution in [0.15, 0.2) is 12.4 Å². The first-order chi connectivity index (χ1) is 8.74. The van der Waals surface area contributed by atoms with Crippen molar-refractivity contribution >= 4 is 5.69 Å². The molecule has 1 unspecified atom stereocenters. The maximum absolute atomic E-state index is 4.46. The van der Waals surface area contributed by atoms with Crippen LogP contribution in [0, 0.1) is 5.92 Å². The molecule has 18 heavy (non-hydrogen) atoms. The summed E-state index contributed by atoms with van der Waals surface area (Å²) in [6.07, 6.45) is 8.28. The van der Waals surface area contributed by atoms with Crippen molar-refractivity contribution in [1.29, 1.82) is 0 Å². The van der Waals surface area contributed by atoms with Gasteiger partial charge in [-0.25, -0.2) is 0 Å². The number of hydrogen-bond acceptors (Lipinski definition) is 3. The van der Waals surface area contributed by atoms with Crippen molar-refractivity contribution in [2.24, 2.45) is 5.92 Å². The second-order valence-corrected chi connectivity index (χ2v) is 5.97. The van der Waals surface area contributed by atoms with Crippen molar-refractivity contribution in [2.75, 3.05) is 24.5 Å². The average Bonchev–Trinajstić information content (AvgIpc) is 3.11. The van der Waals surface area contributed by atoms with Gasteiger partial charge in [0.25, 0.3) is 0 Å². The van der Waals surface area contributed by atoms with Gasteiger partial charge in [-0.1, -0.05) is 0 Å². The van der Waals surface area contributed by atoms with E-state index in [9.17, 15) is 0 Å². The molecule has 1 aliphatic carbocycles. The highest BCUT2D eigenvalue weighted by Crippen LogP contribution is 2.34. The molecule has 3 rings (SSSR count). The Morgan fingerprint density at radius 3 is 2.89 bits per heavy atom. The maximum Gasteiger partial charge on any atom is 0.0753 e. The first-order valence-corrected chi connectivity index (χ1v) is 7.26. The molecule has 0 bridgehead atoms. The Morgan fingerprint density at radius 2 is 2.22 bits per heavy atom. The van der Waals surface area contributed by atoms with Gasteiger partial charge in [-0.3, -0.25) is 4.68 Å². The van der Waals surface area contributed by atoms with E-state index < -0.39 is 0 Å². The van der Waals surface area contributed by atoms with E-state index in [-0.39, 0.29) is 0 Å². The third kappa shape index (κ3) is 2.53. The monoisotopic (exact) mass is 248 g/mol. The molecule has 2 aliphatic rings. The summed E-state index contributed by atoms with van der Waals surface area (Å²) in [4.78, 5) is 2.51. The minimum absolute atomic E-state index is 0.447. The molecule has 0 radical (unpaired) electrons. The highest BCUT2D eigenvalue weighted by Gasteiger charge is 2.33. The fourth-order valence-electron chi connectivity index (χ4n) is 2.77. The van der Waals surface area contributed by atoms with Gasteiger partial charge in [0.05, 0.1) is 11.9 Å². The van der Waals surface area contributed by atoms with Gasteiger partial charge in [0.2, 0.25) is 0 Å². The molecular formula is C14H24N4. The summed E-state index contributed by atoms with van der Waals surface area (Å²) < 4.78 is 2.06. The normalized spacial score (nSPS) is 25.5. The lowest BCUT2D eigenvalue weighted by Gasteiger charge is -2.25. The molecule has 2 fully saturated rings. The van der Waals surface area contributed by atoms with Crippen LogP contribution in [-0.4, -0.2) is 35.5 Å². The zero-order chi connectivity index (χ0) is 12.5. The highest BCUT2D eigenvalue weighted by molar-refractivity contribution is 5.43. The summed E-state index contributed by atoms with van der Waals surface area (Å²) in [6.45, 7) is 7.81. The molecule has 1 aromatic rings. The van der Waals surface area contributed by atoms with Crippen molar-refractivity contribution in [3.05, 3.63) is 12.4 Å². The van der Waals surface area contributed by atoms with Gasteiger partial charge in [0, 0.05) is 31.4 Å². The summed E-state index contributed by atoms with van der Waals surface area (Å²) in [5.41, 5.74) is 1.29. The molecule has 4 nitrogen and oxygen atoms in total. The van der Waals surface area contributed by atoms with Gasteiger partial charge in [-0.15, -0.1) is 0 Å². The van der Waals surface area contributed by atoms with E-state index in [1.165, 1.54) is 24.9 Å². The number of rotatable bonds is 3. The lowest BCUT2D eigenvalue weighted by molar-refractivity contribution is 0.490. The van der Waals surface area contributed by atoms with Crippen molar-refractivity contribution in [1.82, 2.24) is 15.1 Å². The Hall–Kier alpha value is -1.03. The summed E-state index contributed by atoms with van der Waals surface area (Å²) >= 11 is 0. The summed E-state index contributed by atoms with van der Waals surface area (Å²) in [5.74, 6) is 0.922. The standard InChI is InChI=1S/C14H24N4/c1-11(2)18-9-13(8-16-18)17-7-3-6-15-14(10-17)12-4-5-12/h8-9,11-12,14-15H,3-7,10H2,1-2H3. The molecule has 1 saturated heterocycles. The maximum atomic E-state index is 4.46. The second kappa shape index (κ2) is 4.92. The SMILES string of the molecule is CC(C)n1cc(N2CCCNC(C3CC3)C2)cn1. The predicted octanol–water partition coefficient (Wildman–Crippen LogP) is 2.04. The Labute approximate surface area is 109 Å². The third-order valence-electron chi connectivity index (χ3n) is 4.10. The summed E-state index contributed by atoms with van der Waals surface area (Å²) in [6, 6.07) is 1.14. The Kier molecular flexibility index (Phi) is 3.29. The van der Waals surface area contributed by atoms with Crippen LogP contribution < -0.4 is 10.2 Å². The van der Waals surface area contributed by atoms with Crippen LogP contribution in [0.3, 0.4) is 0 Å². The number of hydrogen-bond donors (Lipinski definition) is 1. The zero-order valence-corrected chi connectivity index (χ0v) is 11.5. The fraction of sp³-hybridized carbons (Fsp3) is 0.786. The molecular weight excluding hydrogens is 224 g/mol. The summed E-state index contributed by atoms with van der Waals surface area (Å²) in [5, 5.41) is 8.17. The molecule has 1 saturated carbocycles. The predicted molar refractivity (Wildman–Crippen MR) is 74.0 cm³/mol. The molecule has 0 aromatic carbocycles. The van der Waals surface area contributed by atoms with Crippen LogP contribution in [0.1, 0.15) is 39.2 Å². The van der Waals surface area contributed by atoms with Crippen molar-refractivity contribution in [3.63, 3.8) is 0 Å². The molecule has 0 amide bonds. The molecule has 1 aliphatic heterocycles. The van der Waals surface area contributed by atoms with E-state index in [0.29, 0.717) is 12.1 Å². The molecule has 0 spiro atoms. The van der Waals surface area contributed by atoms with E-state index in [2.05, 4.69) is 40.0 Å². The number of nitrogens with zero attached hydrogens (tertiary/aromatic N) is 3. The molecule has 4 heteroatoms. The lowest BCUT2D eigenvalue weighted by Crippen LogP contribution is -2.39. The van der Waals surface area contributed by atoms with Crippen molar-refractivity contribution in [2.45, 2.75) is 45.2 Å². The molecule has 1 aromatic heterocycles. The van der Waals surface area contributed by atoms with Crippen LogP contribution in [-0.2, 0) is 0 Å². The smallest absolute Gasteiger partial charge is 0.0753 e. The number of anilines is 1. The first-order valence-electron chi connectivity index (χ1n) is 7.26. The summed E-state index contributed by atoms with van der Waals surface area (Å²) in [7, 11) is 0. The van der Waals surface area contributed by atoms with Crippen LogP contribution in [0.4, 0.5) is 5.69 Å². The molecule has 2 heterocycles. The van der Waals surface area contributed by atoms with Crippen LogP contribution in [0.25, 0.3) is 0 Å². The fourth-order valence-corrected chi connectivity index (χ4v) is 2.77. The van der Waals surface area contributed by atoms with E-state index in [1.807, 2.05) is 6.20 Å². The Balaban J connectivity index is 1.72. The third-order valence-corrected chi connectivity index (χ3v) is 4.10.